The van der Waals surface area contributed by atoms with Crippen LogP contribution in [0.3, 0.4) is 0 Å². The summed E-state index contributed by atoms with van der Waals surface area (Å²) in [5.41, 5.74) is 0.621. The molecule has 3 aromatic rings. The number of benzene rings is 1. The van der Waals surface area contributed by atoms with Gasteiger partial charge in [-0.05, 0) is 30.7 Å². The Bertz CT molecular complexity index is 670. The van der Waals surface area contributed by atoms with Gasteiger partial charge in [-0.2, -0.15) is 0 Å². The van der Waals surface area contributed by atoms with E-state index in [0.717, 1.165) is 11.1 Å². The lowest BCUT2D eigenvalue weighted by molar-refractivity contribution is 0.141. The van der Waals surface area contributed by atoms with Crippen molar-refractivity contribution in [3.63, 3.8) is 0 Å². The topological polar surface area (TPSA) is 46.5 Å². The first-order valence-corrected chi connectivity index (χ1v) is 6.50. The van der Waals surface area contributed by atoms with Crippen molar-refractivity contribution >= 4 is 22.6 Å². The molecule has 0 aliphatic carbocycles. The molecule has 0 saturated heterocycles. The third-order valence-electron chi connectivity index (χ3n) is 3.09. The summed E-state index contributed by atoms with van der Waals surface area (Å²) >= 11 is 6.04. The molecule has 0 amide bonds. The minimum Gasteiger partial charge on any atom is -0.469 e. The van der Waals surface area contributed by atoms with Crippen LogP contribution >= 0.6 is 11.6 Å². The highest BCUT2D eigenvalue weighted by Gasteiger charge is 2.15. The highest BCUT2D eigenvalue weighted by molar-refractivity contribution is 6.34. The third kappa shape index (κ3) is 2.53. The van der Waals surface area contributed by atoms with Gasteiger partial charge in [-0.15, -0.1) is 0 Å². The minimum absolute atomic E-state index is 0.537. The Labute approximate surface area is 115 Å². The molecule has 0 bridgehead atoms. The van der Waals surface area contributed by atoms with Crippen LogP contribution < -0.4 is 0 Å². The van der Waals surface area contributed by atoms with E-state index >= 15 is 0 Å². The lowest BCUT2D eigenvalue weighted by atomic mass is 10.1. The number of rotatable bonds is 4. The summed E-state index contributed by atoms with van der Waals surface area (Å²) in [4.78, 5) is 0. The number of aliphatic hydroxyl groups is 1. The third-order valence-corrected chi connectivity index (χ3v) is 3.39. The van der Waals surface area contributed by atoms with Gasteiger partial charge in [0.1, 0.15) is 17.6 Å². The standard InChI is InChI=1S/C15H13ClO3/c16-12-5-1-3-10-9-14(19-15(10)12)13(17)7-6-11-4-2-8-18-11/h1-5,8-9,13,17H,6-7H2. The van der Waals surface area contributed by atoms with Gasteiger partial charge in [0.05, 0.1) is 11.3 Å². The predicted molar refractivity (Wildman–Crippen MR) is 73.2 cm³/mol. The van der Waals surface area contributed by atoms with Crippen molar-refractivity contribution in [2.45, 2.75) is 18.9 Å². The van der Waals surface area contributed by atoms with Gasteiger partial charge in [0.15, 0.2) is 5.58 Å². The molecular formula is C15H13ClO3. The summed E-state index contributed by atoms with van der Waals surface area (Å²) in [6, 6.07) is 11.1. The van der Waals surface area contributed by atoms with Crippen LogP contribution in [-0.4, -0.2) is 5.11 Å². The van der Waals surface area contributed by atoms with Gasteiger partial charge in [0.2, 0.25) is 0 Å². The molecule has 98 valence electrons. The van der Waals surface area contributed by atoms with E-state index in [9.17, 15) is 5.11 Å². The molecule has 4 heteroatoms. The van der Waals surface area contributed by atoms with E-state index in [1.807, 2.05) is 30.3 Å². The molecule has 0 aliphatic heterocycles. The van der Waals surface area contributed by atoms with Gasteiger partial charge in [0.25, 0.3) is 0 Å². The van der Waals surface area contributed by atoms with Crippen molar-refractivity contribution in [3.05, 3.63) is 59.2 Å². The molecule has 0 radical (unpaired) electrons. The van der Waals surface area contributed by atoms with Gasteiger partial charge in [-0.25, -0.2) is 0 Å². The van der Waals surface area contributed by atoms with Crippen molar-refractivity contribution in [2.75, 3.05) is 0 Å². The molecule has 1 atom stereocenters. The van der Waals surface area contributed by atoms with Crippen molar-refractivity contribution in [2.24, 2.45) is 0 Å². The van der Waals surface area contributed by atoms with Crippen LogP contribution in [-0.2, 0) is 6.42 Å². The maximum Gasteiger partial charge on any atom is 0.152 e. The Morgan fingerprint density at radius 2 is 2.11 bits per heavy atom. The van der Waals surface area contributed by atoms with Crippen molar-refractivity contribution in [3.8, 4) is 0 Å². The summed E-state index contributed by atoms with van der Waals surface area (Å²) < 4.78 is 10.9. The van der Waals surface area contributed by atoms with Crippen LogP contribution in [0.25, 0.3) is 11.0 Å². The Balaban J connectivity index is 1.77. The summed E-state index contributed by atoms with van der Waals surface area (Å²) in [5.74, 6) is 1.39. The highest BCUT2D eigenvalue weighted by Crippen LogP contribution is 2.30. The molecule has 2 heterocycles. The SMILES string of the molecule is OC(CCc1ccco1)c1cc2cccc(Cl)c2o1. The Kier molecular flexibility index (Phi) is 3.32. The molecule has 19 heavy (non-hydrogen) atoms. The molecule has 0 aliphatic rings. The molecule has 3 nitrogen and oxygen atoms in total. The second kappa shape index (κ2) is 5.11. The van der Waals surface area contributed by atoms with Gasteiger partial charge in [-0.1, -0.05) is 23.7 Å². The Hall–Kier alpha value is -1.71. The van der Waals surface area contributed by atoms with Crippen LogP contribution in [0, 0.1) is 0 Å². The average Bonchev–Trinajstić information content (AvgIpc) is 3.05. The molecule has 0 saturated carbocycles. The maximum absolute atomic E-state index is 10.1. The molecule has 1 unspecified atom stereocenters. The number of fused-ring (bicyclic) bond motifs is 1. The van der Waals surface area contributed by atoms with Crippen molar-refractivity contribution in [1.29, 1.82) is 0 Å². The number of furan rings is 2. The molecule has 1 N–H and O–H groups in total. The molecule has 0 spiro atoms. The second-order valence-corrected chi connectivity index (χ2v) is 4.85. The van der Waals surface area contributed by atoms with Crippen LogP contribution in [0.1, 0.15) is 24.0 Å². The van der Waals surface area contributed by atoms with E-state index in [1.165, 1.54) is 0 Å². The lowest BCUT2D eigenvalue weighted by Gasteiger charge is -2.05. The molecule has 1 aromatic carbocycles. The maximum atomic E-state index is 10.1. The first-order valence-electron chi connectivity index (χ1n) is 6.12. The summed E-state index contributed by atoms with van der Waals surface area (Å²) in [5, 5.41) is 11.6. The van der Waals surface area contributed by atoms with E-state index in [2.05, 4.69) is 0 Å². The molecule has 2 aromatic heterocycles. The van der Waals surface area contributed by atoms with Crippen LogP contribution in [0.4, 0.5) is 0 Å². The Morgan fingerprint density at radius 3 is 2.84 bits per heavy atom. The predicted octanol–water partition coefficient (Wildman–Crippen LogP) is 4.35. The molecule has 3 rings (SSSR count). The van der Waals surface area contributed by atoms with Crippen LogP contribution in [0.2, 0.25) is 5.02 Å². The first kappa shape index (κ1) is 12.3. The highest BCUT2D eigenvalue weighted by atomic mass is 35.5. The van der Waals surface area contributed by atoms with Gasteiger partial charge in [0, 0.05) is 11.8 Å². The van der Waals surface area contributed by atoms with Crippen LogP contribution in [0.15, 0.2) is 51.5 Å². The van der Waals surface area contributed by atoms with Crippen LogP contribution in [0.5, 0.6) is 0 Å². The summed E-state index contributed by atoms with van der Waals surface area (Å²) in [7, 11) is 0. The number of para-hydroxylation sites is 1. The van der Waals surface area contributed by atoms with E-state index in [0.29, 0.717) is 29.2 Å². The summed E-state index contributed by atoms with van der Waals surface area (Å²) in [6.07, 6.45) is 2.18. The van der Waals surface area contributed by atoms with E-state index in [4.69, 9.17) is 20.4 Å². The van der Waals surface area contributed by atoms with E-state index < -0.39 is 6.10 Å². The van der Waals surface area contributed by atoms with Gasteiger partial charge in [-0.3, -0.25) is 0 Å². The minimum atomic E-state index is -0.659. The normalized spacial score (nSPS) is 12.9. The fraction of sp³-hybridized carbons (Fsp3) is 0.200. The number of hydrogen-bond acceptors (Lipinski definition) is 3. The average molecular weight is 277 g/mol. The zero-order valence-electron chi connectivity index (χ0n) is 10.2. The number of halogens is 1. The monoisotopic (exact) mass is 276 g/mol. The number of aliphatic hydroxyl groups excluding tert-OH is 1. The zero-order valence-corrected chi connectivity index (χ0v) is 10.9. The largest absolute Gasteiger partial charge is 0.469 e. The fourth-order valence-corrected chi connectivity index (χ4v) is 2.31. The van der Waals surface area contributed by atoms with Gasteiger partial charge < -0.3 is 13.9 Å². The molecule has 0 fully saturated rings. The van der Waals surface area contributed by atoms with Crippen molar-refractivity contribution in [1.82, 2.24) is 0 Å². The van der Waals surface area contributed by atoms with Gasteiger partial charge >= 0.3 is 0 Å². The molecular weight excluding hydrogens is 264 g/mol. The fourth-order valence-electron chi connectivity index (χ4n) is 2.09. The second-order valence-electron chi connectivity index (χ2n) is 4.44. The zero-order chi connectivity index (χ0) is 13.2. The first-order chi connectivity index (χ1) is 9.24. The smallest absolute Gasteiger partial charge is 0.152 e. The lowest BCUT2D eigenvalue weighted by Crippen LogP contribution is -1.97. The Morgan fingerprint density at radius 1 is 1.21 bits per heavy atom. The number of aryl methyl sites for hydroxylation is 1. The summed E-state index contributed by atoms with van der Waals surface area (Å²) in [6.45, 7) is 0. The van der Waals surface area contributed by atoms with E-state index in [-0.39, 0.29) is 0 Å². The quantitative estimate of drug-likeness (QED) is 0.771. The van der Waals surface area contributed by atoms with E-state index in [1.54, 1.807) is 12.3 Å². The van der Waals surface area contributed by atoms with Crippen molar-refractivity contribution < 1.29 is 13.9 Å². The number of hydrogen-bond donors (Lipinski definition) is 1.